The molecular formula is C49H58F4N5O8PS. The van der Waals surface area contributed by atoms with E-state index in [-0.39, 0.29) is 65.1 Å². The van der Waals surface area contributed by atoms with E-state index in [4.69, 9.17) is 9.26 Å². The summed E-state index contributed by atoms with van der Waals surface area (Å²) in [6, 6.07) is 20.4. The highest BCUT2D eigenvalue weighted by Gasteiger charge is 2.58. The molecular weight excluding hydrogens is 926 g/mol. The van der Waals surface area contributed by atoms with Gasteiger partial charge >= 0.3 is 19.9 Å². The lowest BCUT2D eigenvalue weighted by atomic mass is 9.93. The molecule has 3 aliphatic heterocycles. The standard InChI is InChI=1S/C49H58F4N5O8PS/c1-4-24-64-47(62)31(2)55-67(63,66-38-13-9-6-10-14-38)43(50)33-15-20-41-34(26-33)27-42(68-41)44(59)54-39-18-16-36(56(3)23-25-65-49(51,52)53)28-37-17-19-40(58(37)45(39)60)46(61)57-30-35(29-48(57)21-22-48)32-11-7-5-8-12-32/h5-15,20,26-27,31,35-37,39-40,43H,4,16-19,21-25,28-30H2,1-3H3,(H,54,59)(H,55,63)/t31-,35+,36-,37+,39-,40-,43+,67-/m0/s1. The third kappa shape index (κ3) is 11.1. The second-order valence-corrected chi connectivity index (χ2v) is 21.7. The fraction of sp³-hybridized carbons (Fsp3) is 0.510. The number of thiophene rings is 1. The van der Waals surface area contributed by atoms with Crippen LogP contribution in [0.1, 0.15) is 104 Å². The first-order valence-electron chi connectivity index (χ1n) is 23.3. The first-order valence-corrected chi connectivity index (χ1v) is 25.9. The van der Waals surface area contributed by atoms with Crippen LogP contribution >= 0.6 is 18.9 Å². The number of nitrogens with one attached hydrogen (secondary N) is 2. The fourth-order valence-corrected chi connectivity index (χ4v) is 13.0. The number of likely N-dealkylation sites (tertiary alicyclic amines) is 1. The van der Waals surface area contributed by atoms with Crippen molar-refractivity contribution in [2.75, 3.05) is 33.4 Å². The van der Waals surface area contributed by atoms with E-state index < -0.39 is 62.4 Å². The maximum Gasteiger partial charge on any atom is 0.522 e. The van der Waals surface area contributed by atoms with Crippen LogP contribution in [0.25, 0.3) is 10.1 Å². The third-order valence-corrected chi connectivity index (χ3v) is 17.0. The Balaban J connectivity index is 1.03. The lowest BCUT2D eigenvalue weighted by Gasteiger charge is -2.41. The lowest BCUT2D eigenvalue weighted by molar-refractivity contribution is -0.325. The van der Waals surface area contributed by atoms with Gasteiger partial charge in [0.05, 0.1) is 18.1 Å². The molecule has 1 aliphatic carbocycles. The van der Waals surface area contributed by atoms with Crippen molar-refractivity contribution >= 4 is 52.6 Å². The van der Waals surface area contributed by atoms with Crippen LogP contribution in [0.5, 0.6) is 5.75 Å². The number of fused-ring (bicyclic) bond motifs is 2. The smallest absolute Gasteiger partial charge is 0.465 e. The second-order valence-electron chi connectivity index (χ2n) is 18.5. The van der Waals surface area contributed by atoms with Crippen molar-refractivity contribution in [1.82, 2.24) is 25.1 Å². The van der Waals surface area contributed by atoms with Crippen LogP contribution in [-0.2, 0) is 28.4 Å². The Morgan fingerprint density at radius 2 is 1.69 bits per heavy atom. The number of ether oxygens (including phenoxy) is 2. The number of para-hydroxylation sites is 1. The number of carbonyl (C=O) groups is 4. The van der Waals surface area contributed by atoms with E-state index in [2.05, 4.69) is 27.3 Å². The molecule has 4 heterocycles. The zero-order valence-corrected chi connectivity index (χ0v) is 40.0. The molecule has 8 rings (SSSR count). The molecule has 0 unspecified atom stereocenters. The van der Waals surface area contributed by atoms with Crippen molar-refractivity contribution in [3.8, 4) is 5.75 Å². The highest BCUT2D eigenvalue weighted by molar-refractivity contribution is 7.57. The molecule has 1 saturated carbocycles. The van der Waals surface area contributed by atoms with Crippen LogP contribution in [0.4, 0.5) is 17.6 Å². The molecule has 0 bridgehead atoms. The third-order valence-electron chi connectivity index (χ3n) is 13.8. The van der Waals surface area contributed by atoms with Gasteiger partial charge in [0, 0.05) is 41.3 Å². The van der Waals surface area contributed by atoms with Gasteiger partial charge in [-0.3, -0.25) is 28.5 Å². The number of alkyl halides is 4. The first kappa shape index (κ1) is 49.5. The number of benzene rings is 3. The van der Waals surface area contributed by atoms with Crippen molar-refractivity contribution < 1.29 is 55.3 Å². The summed E-state index contributed by atoms with van der Waals surface area (Å²) in [5, 5.41) is 5.96. The van der Waals surface area contributed by atoms with Crippen molar-refractivity contribution in [2.24, 2.45) is 0 Å². The Labute approximate surface area is 397 Å². The Morgan fingerprint density at radius 3 is 2.38 bits per heavy atom. The Kier molecular flexibility index (Phi) is 15.0. The van der Waals surface area contributed by atoms with E-state index in [0.29, 0.717) is 48.7 Å². The van der Waals surface area contributed by atoms with Crippen LogP contribution in [0.3, 0.4) is 0 Å². The summed E-state index contributed by atoms with van der Waals surface area (Å²) in [6.07, 6.45) is 0.276. The number of likely N-dealkylation sites (N-methyl/N-ethyl adjacent to an activating group) is 1. The Hall–Kier alpha value is -4.87. The number of carbonyl (C=O) groups excluding carboxylic acids is 4. The van der Waals surface area contributed by atoms with Crippen molar-refractivity contribution in [3.05, 3.63) is 101 Å². The number of rotatable bonds is 17. The molecule has 19 heteroatoms. The fourth-order valence-electron chi connectivity index (χ4n) is 10.1. The quantitative estimate of drug-likeness (QED) is 0.0597. The monoisotopic (exact) mass is 983 g/mol. The van der Waals surface area contributed by atoms with Gasteiger partial charge in [-0.25, -0.2) is 9.48 Å². The number of halogens is 4. The van der Waals surface area contributed by atoms with Gasteiger partial charge < -0.3 is 29.3 Å². The number of amides is 3. The minimum Gasteiger partial charge on any atom is -0.465 e. The van der Waals surface area contributed by atoms with Gasteiger partial charge in [0.15, 0.2) is 0 Å². The minimum atomic E-state index is -4.78. The number of nitrogens with zero attached hydrogens (tertiary/aromatic N) is 3. The highest BCUT2D eigenvalue weighted by Crippen LogP contribution is 2.58. The van der Waals surface area contributed by atoms with Gasteiger partial charge in [-0.1, -0.05) is 61.5 Å². The van der Waals surface area contributed by atoms with E-state index in [1.54, 1.807) is 47.2 Å². The molecule has 1 aromatic heterocycles. The van der Waals surface area contributed by atoms with Gasteiger partial charge in [-0.05, 0) is 119 Å². The van der Waals surface area contributed by atoms with Crippen LogP contribution in [0, 0.1) is 0 Å². The van der Waals surface area contributed by atoms with E-state index in [0.717, 1.165) is 36.2 Å². The summed E-state index contributed by atoms with van der Waals surface area (Å²) in [5.41, 5.74) is 0.865. The lowest BCUT2D eigenvalue weighted by Crippen LogP contribution is -2.59. The summed E-state index contributed by atoms with van der Waals surface area (Å²) in [6.45, 7) is 3.29. The van der Waals surface area contributed by atoms with E-state index in [9.17, 15) is 36.9 Å². The summed E-state index contributed by atoms with van der Waals surface area (Å²) < 4.78 is 85.6. The topological polar surface area (TPSA) is 147 Å². The first-order chi connectivity index (χ1) is 32.5. The average Bonchev–Trinajstić information content (AvgIpc) is 3.59. The minimum absolute atomic E-state index is 0.0284. The van der Waals surface area contributed by atoms with Crippen LogP contribution in [-0.4, -0.2) is 114 Å². The van der Waals surface area contributed by atoms with Crippen molar-refractivity contribution in [1.29, 1.82) is 0 Å². The zero-order valence-electron chi connectivity index (χ0n) is 38.3. The van der Waals surface area contributed by atoms with Gasteiger partial charge in [-0.15, -0.1) is 24.5 Å². The molecule has 2 N–H and O–H groups in total. The van der Waals surface area contributed by atoms with E-state index >= 15 is 4.39 Å². The molecule has 3 aromatic carbocycles. The van der Waals surface area contributed by atoms with Crippen LogP contribution in [0.2, 0.25) is 0 Å². The predicted molar refractivity (Wildman–Crippen MR) is 249 cm³/mol. The van der Waals surface area contributed by atoms with Crippen LogP contribution < -0.4 is 14.9 Å². The molecule has 1 spiro atoms. The van der Waals surface area contributed by atoms with E-state index in [1.807, 2.05) is 30.0 Å². The van der Waals surface area contributed by atoms with Gasteiger partial charge in [-0.2, -0.15) is 0 Å². The molecule has 8 atom stereocenters. The Bertz CT molecular complexity index is 2500. The number of esters is 1. The number of hydrogen-bond acceptors (Lipinski definition) is 10. The summed E-state index contributed by atoms with van der Waals surface area (Å²) in [4.78, 5) is 62.2. The van der Waals surface area contributed by atoms with Gasteiger partial charge in [0.2, 0.25) is 17.7 Å². The maximum absolute atomic E-state index is 16.7. The van der Waals surface area contributed by atoms with Crippen molar-refractivity contribution in [3.63, 3.8) is 0 Å². The molecule has 366 valence electrons. The van der Waals surface area contributed by atoms with Crippen LogP contribution in [0.15, 0.2) is 84.9 Å². The average molecular weight is 984 g/mol. The predicted octanol–water partition coefficient (Wildman–Crippen LogP) is 9.10. The molecule has 4 fully saturated rings. The Morgan fingerprint density at radius 1 is 0.971 bits per heavy atom. The second kappa shape index (κ2) is 20.6. The molecule has 4 aliphatic rings. The molecule has 0 radical (unpaired) electrons. The summed E-state index contributed by atoms with van der Waals surface area (Å²) in [5.74, 6) is -3.78. The normalized spacial score (nSPS) is 24.2. The van der Waals surface area contributed by atoms with E-state index in [1.165, 1.54) is 31.2 Å². The molecule has 3 saturated heterocycles. The maximum atomic E-state index is 16.7. The van der Waals surface area contributed by atoms with Crippen molar-refractivity contribution in [2.45, 2.75) is 126 Å². The van der Waals surface area contributed by atoms with Gasteiger partial charge in [0.25, 0.3) is 5.91 Å². The van der Waals surface area contributed by atoms with Gasteiger partial charge in [0.1, 0.15) is 23.9 Å². The molecule has 3 amide bonds. The SMILES string of the molecule is CCCOC(=O)[C@H](C)N[P@@](=O)(Oc1ccccc1)[C@@H](F)c1ccc2sc(C(=O)N[C@H]3CC[C@H](N(C)CCOC(F)(F)F)C[C@H]4CC[C@@H](C(=O)N5C[C@H](c6ccccc6)CC56CC6)N4C3=O)cc2c1. The highest BCUT2D eigenvalue weighted by atomic mass is 32.1. The molecule has 68 heavy (non-hydrogen) atoms. The zero-order chi connectivity index (χ0) is 48.4. The molecule has 4 aromatic rings. The number of hydrogen-bond donors (Lipinski definition) is 2. The largest absolute Gasteiger partial charge is 0.522 e. The summed E-state index contributed by atoms with van der Waals surface area (Å²) >= 11 is 1.11. The summed E-state index contributed by atoms with van der Waals surface area (Å²) in [7, 11) is -2.81. The molecule has 13 nitrogen and oxygen atoms in total.